The van der Waals surface area contributed by atoms with Gasteiger partial charge in [-0.3, -0.25) is 13.9 Å². The largest absolute Gasteiger partial charge is 0.385 e. The molecule has 0 heterocycles. The van der Waals surface area contributed by atoms with E-state index >= 15 is 0 Å². The molecule has 0 unspecified atom stereocenters. The summed E-state index contributed by atoms with van der Waals surface area (Å²) in [4.78, 5) is 25.1. The molecule has 0 aliphatic carbocycles. The molecular weight excluding hydrogens is 406 g/mol. The number of anilines is 2. The number of ether oxygens (including phenoxy) is 1. The van der Waals surface area contributed by atoms with Crippen LogP contribution >= 0.6 is 0 Å². The number of amides is 2. The third kappa shape index (κ3) is 6.85. The number of sulfonamides is 1. The van der Waals surface area contributed by atoms with Crippen molar-refractivity contribution in [2.24, 2.45) is 0 Å². The van der Waals surface area contributed by atoms with Gasteiger partial charge in [0.15, 0.2) is 0 Å². The summed E-state index contributed by atoms with van der Waals surface area (Å²) in [5.41, 5.74) is 1.88. The molecule has 162 valence electrons. The minimum absolute atomic E-state index is 0.296. The molecule has 0 aromatic heterocycles. The summed E-state index contributed by atoms with van der Waals surface area (Å²) in [5.74, 6) is -0.887. The van der Waals surface area contributed by atoms with Crippen LogP contribution < -0.4 is 14.9 Å². The smallest absolute Gasteiger partial charge is 0.253 e. The average Bonchev–Trinajstić information content (AvgIpc) is 2.69. The van der Waals surface area contributed by atoms with Crippen LogP contribution in [-0.2, 0) is 19.6 Å². The highest BCUT2D eigenvalue weighted by Gasteiger charge is 2.22. The summed E-state index contributed by atoms with van der Waals surface area (Å²) in [5, 5.41) is 5.42. The van der Waals surface area contributed by atoms with Crippen molar-refractivity contribution in [3.8, 4) is 0 Å². The normalized spacial score (nSPS) is 11.0. The molecule has 2 amide bonds. The van der Waals surface area contributed by atoms with E-state index in [0.29, 0.717) is 36.5 Å². The summed E-state index contributed by atoms with van der Waals surface area (Å²) in [6.07, 6.45) is 1.71. The minimum atomic E-state index is -3.68. The Labute approximate surface area is 177 Å². The van der Waals surface area contributed by atoms with E-state index in [1.165, 1.54) is 0 Å². The zero-order valence-electron chi connectivity index (χ0n) is 17.3. The number of nitrogens with zero attached hydrogens (tertiary/aromatic N) is 1. The quantitative estimate of drug-likeness (QED) is 0.559. The number of aryl methyl sites for hydroxylation is 1. The zero-order valence-corrected chi connectivity index (χ0v) is 18.2. The number of hydrogen-bond donors (Lipinski definition) is 2. The molecule has 0 saturated heterocycles. The van der Waals surface area contributed by atoms with E-state index in [1.54, 1.807) is 49.6 Å². The zero-order chi connectivity index (χ0) is 22.1. The lowest BCUT2D eigenvalue weighted by atomic mass is 10.1. The van der Waals surface area contributed by atoms with Crippen LogP contribution in [0.2, 0.25) is 0 Å². The molecule has 0 bridgehead atoms. The number of nitrogens with one attached hydrogen (secondary N) is 2. The van der Waals surface area contributed by atoms with E-state index in [-0.39, 0.29) is 5.91 Å². The third-order valence-corrected chi connectivity index (χ3v) is 5.37. The first-order valence-corrected chi connectivity index (χ1v) is 11.3. The number of carbonyl (C=O) groups excluding carboxylic acids is 2. The molecule has 2 aromatic carbocycles. The standard InChI is InChI=1S/C21H27N3O5S/c1-16-8-6-9-17(14-16)24(30(3,27)28)15-20(25)23-19-11-5-4-10-18(19)21(26)22-12-7-13-29-2/h4-6,8-11,14H,7,12-13,15H2,1-3H3,(H,22,26)(H,23,25). The van der Waals surface area contributed by atoms with E-state index in [9.17, 15) is 18.0 Å². The first-order valence-electron chi connectivity index (χ1n) is 9.42. The van der Waals surface area contributed by atoms with Gasteiger partial charge >= 0.3 is 0 Å². The maximum atomic E-state index is 12.6. The maximum absolute atomic E-state index is 12.6. The topological polar surface area (TPSA) is 105 Å². The Morgan fingerprint density at radius 3 is 2.50 bits per heavy atom. The molecule has 0 fully saturated rings. The maximum Gasteiger partial charge on any atom is 0.253 e. The Hall–Kier alpha value is -2.91. The molecule has 9 heteroatoms. The van der Waals surface area contributed by atoms with E-state index < -0.39 is 22.5 Å². The van der Waals surface area contributed by atoms with Crippen molar-refractivity contribution in [1.29, 1.82) is 0 Å². The second-order valence-corrected chi connectivity index (χ2v) is 8.71. The fourth-order valence-electron chi connectivity index (χ4n) is 2.81. The van der Waals surface area contributed by atoms with Crippen molar-refractivity contribution in [2.75, 3.05) is 42.7 Å². The molecule has 2 rings (SSSR count). The van der Waals surface area contributed by atoms with Crippen LogP contribution in [0.5, 0.6) is 0 Å². The van der Waals surface area contributed by atoms with Gasteiger partial charge in [-0.2, -0.15) is 0 Å². The molecule has 8 nitrogen and oxygen atoms in total. The van der Waals surface area contributed by atoms with Gasteiger partial charge < -0.3 is 15.4 Å². The molecule has 0 aliphatic heterocycles. The van der Waals surface area contributed by atoms with Crippen LogP contribution in [0.3, 0.4) is 0 Å². The van der Waals surface area contributed by atoms with E-state index in [4.69, 9.17) is 4.74 Å². The molecule has 2 N–H and O–H groups in total. The fourth-order valence-corrected chi connectivity index (χ4v) is 3.66. The number of para-hydroxylation sites is 1. The van der Waals surface area contributed by atoms with Crippen LogP contribution in [0, 0.1) is 6.92 Å². The van der Waals surface area contributed by atoms with Crippen molar-refractivity contribution in [3.63, 3.8) is 0 Å². The number of carbonyl (C=O) groups is 2. The van der Waals surface area contributed by atoms with E-state index in [0.717, 1.165) is 16.1 Å². The predicted octanol–water partition coefficient (Wildman–Crippen LogP) is 2.17. The highest BCUT2D eigenvalue weighted by Crippen LogP contribution is 2.20. The van der Waals surface area contributed by atoms with Gasteiger partial charge in [-0.05, 0) is 43.2 Å². The van der Waals surface area contributed by atoms with Gasteiger partial charge in [0.05, 0.1) is 23.2 Å². The van der Waals surface area contributed by atoms with Crippen molar-refractivity contribution in [1.82, 2.24) is 5.32 Å². The highest BCUT2D eigenvalue weighted by molar-refractivity contribution is 7.92. The molecule has 0 spiro atoms. The van der Waals surface area contributed by atoms with Gasteiger partial charge in [0, 0.05) is 20.3 Å². The molecule has 2 aromatic rings. The monoisotopic (exact) mass is 433 g/mol. The van der Waals surface area contributed by atoms with Gasteiger partial charge in [-0.15, -0.1) is 0 Å². The van der Waals surface area contributed by atoms with Crippen LogP contribution in [0.25, 0.3) is 0 Å². The van der Waals surface area contributed by atoms with Crippen LogP contribution in [0.1, 0.15) is 22.3 Å². The number of hydrogen-bond acceptors (Lipinski definition) is 5. The molecule has 30 heavy (non-hydrogen) atoms. The Morgan fingerprint density at radius 2 is 1.83 bits per heavy atom. The molecule has 0 aliphatic rings. The van der Waals surface area contributed by atoms with Crippen LogP contribution in [0.4, 0.5) is 11.4 Å². The minimum Gasteiger partial charge on any atom is -0.385 e. The van der Waals surface area contributed by atoms with Gasteiger partial charge in [0.1, 0.15) is 6.54 Å². The van der Waals surface area contributed by atoms with Crippen molar-refractivity contribution in [3.05, 3.63) is 59.7 Å². The SMILES string of the molecule is COCCCNC(=O)c1ccccc1NC(=O)CN(c1cccc(C)c1)S(C)(=O)=O. The predicted molar refractivity (Wildman–Crippen MR) is 117 cm³/mol. The summed E-state index contributed by atoms with van der Waals surface area (Å²) in [7, 11) is -2.10. The van der Waals surface area contributed by atoms with E-state index in [1.807, 2.05) is 13.0 Å². The van der Waals surface area contributed by atoms with Gasteiger partial charge in [-0.25, -0.2) is 8.42 Å². The number of benzene rings is 2. The van der Waals surface area contributed by atoms with E-state index in [2.05, 4.69) is 10.6 Å². The first-order chi connectivity index (χ1) is 14.2. The Balaban J connectivity index is 2.14. The van der Waals surface area contributed by atoms with Crippen molar-refractivity contribution < 1.29 is 22.7 Å². The Kier molecular flexibility index (Phi) is 8.37. The lowest BCUT2D eigenvalue weighted by Crippen LogP contribution is -2.37. The second-order valence-electron chi connectivity index (χ2n) is 6.80. The van der Waals surface area contributed by atoms with Gasteiger partial charge in [-0.1, -0.05) is 24.3 Å². The number of methoxy groups -OCH3 is 1. The first kappa shape index (κ1) is 23.4. The highest BCUT2D eigenvalue weighted by atomic mass is 32.2. The van der Waals surface area contributed by atoms with Gasteiger partial charge in [0.2, 0.25) is 15.9 Å². The molecule has 0 saturated carbocycles. The summed E-state index contributed by atoms with van der Waals surface area (Å²) >= 11 is 0. The second kappa shape index (κ2) is 10.7. The number of rotatable bonds is 10. The Bertz CT molecular complexity index is 992. The summed E-state index contributed by atoms with van der Waals surface area (Å²) in [6.45, 7) is 2.39. The average molecular weight is 434 g/mol. The summed E-state index contributed by atoms with van der Waals surface area (Å²) < 4.78 is 30.5. The third-order valence-electron chi connectivity index (χ3n) is 4.23. The molecule has 0 atom stereocenters. The lowest BCUT2D eigenvalue weighted by Gasteiger charge is -2.22. The molecule has 0 radical (unpaired) electrons. The van der Waals surface area contributed by atoms with Crippen molar-refractivity contribution >= 4 is 33.2 Å². The fraction of sp³-hybridized carbons (Fsp3) is 0.333. The lowest BCUT2D eigenvalue weighted by molar-refractivity contribution is -0.114. The van der Waals surface area contributed by atoms with Crippen LogP contribution in [0.15, 0.2) is 48.5 Å². The Morgan fingerprint density at radius 1 is 1.10 bits per heavy atom. The molecular formula is C21H27N3O5S. The van der Waals surface area contributed by atoms with Gasteiger partial charge in [0.25, 0.3) is 5.91 Å². The summed E-state index contributed by atoms with van der Waals surface area (Å²) in [6, 6.07) is 13.4. The van der Waals surface area contributed by atoms with Crippen molar-refractivity contribution in [2.45, 2.75) is 13.3 Å². The van der Waals surface area contributed by atoms with Crippen LogP contribution in [-0.4, -0.2) is 53.3 Å².